The van der Waals surface area contributed by atoms with Gasteiger partial charge in [-0.3, -0.25) is 0 Å². The molecule has 7 heteroatoms. The van der Waals surface area contributed by atoms with Crippen molar-refractivity contribution < 1.29 is 9.53 Å². The Morgan fingerprint density at radius 1 is 1.20 bits per heavy atom. The number of ether oxygens (including phenoxy) is 1. The highest BCUT2D eigenvalue weighted by Gasteiger charge is 2.05. The summed E-state index contributed by atoms with van der Waals surface area (Å²) >= 11 is 7.46. The third-order valence-electron chi connectivity index (χ3n) is 3.50. The average molecular weight is 370 g/mol. The molecule has 0 radical (unpaired) electrons. The molecule has 0 unspecified atom stereocenters. The largest absolute Gasteiger partial charge is 0.456 e. The summed E-state index contributed by atoms with van der Waals surface area (Å²) in [6, 6.07) is 11.4. The molecule has 0 atom stereocenters. The Hall–Kier alpha value is -2.70. The molecule has 0 aliphatic rings. The van der Waals surface area contributed by atoms with E-state index in [2.05, 4.69) is 9.97 Å². The summed E-state index contributed by atoms with van der Waals surface area (Å²) in [6.07, 6.45) is 6.58. The fourth-order valence-corrected chi connectivity index (χ4v) is 3.42. The minimum Gasteiger partial charge on any atom is -0.456 e. The van der Waals surface area contributed by atoms with Crippen molar-refractivity contribution in [1.82, 2.24) is 14.4 Å². The van der Waals surface area contributed by atoms with E-state index in [1.807, 2.05) is 24.3 Å². The summed E-state index contributed by atoms with van der Waals surface area (Å²) in [7, 11) is 0. The number of halogens is 1. The molecule has 0 fully saturated rings. The number of hydrogen-bond donors (Lipinski definition) is 0. The van der Waals surface area contributed by atoms with Crippen LogP contribution in [0.25, 0.3) is 21.9 Å². The molecule has 0 amide bonds. The molecule has 25 heavy (non-hydrogen) atoms. The van der Waals surface area contributed by atoms with Crippen LogP contribution in [-0.4, -0.2) is 20.3 Å². The van der Waals surface area contributed by atoms with Crippen molar-refractivity contribution in [3.8, 4) is 0 Å². The van der Waals surface area contributed by atoms with Gasteiger partial charge < -0.3 is 9.14 Å². The third kappa shape index (κ3) is 3.55. The molecule has 0 N–H and O–H groups in total. The molecule has 124 valence electrons. The molecule has 3 heterocycles. The number of rotatable bonds is 4. The van der Waals surface area contributed by atoms with Crippen LogP contribution >= 0.6 is 22.9 Å². The standard InChI is InChI=1S/C18H12ClN3O2S/c19-12-5-6-16-20-13(10-22(16)9-12)11-24-18(23)8-7-17-21-14-3-1-2-4-15(14)25-17/h1-10H,11H2. The minimum absolute atomic E-state index is 0.0995. The first-order chi connectivity index (χ1) is 12.2. The SMILES string of the molecule is O=C(C=Cc1nc2ccccc2s1)OCc1cn2cc(Cl)ccc2n1. The molecule has 4 aromatic rings. The third-order valence-corrected chi connectivity index (χ3v) is 4.72. The molecule has 3 aromatic heterocycles. The molecular formula is C18H12ClN3O2S. The normalized spacial score (nSPS) is 11.6. The number of imidazole rings is 1. The lowest BCUT2D eigenvalue weighted by molar-refractivity contribution is -0.139. The van der Waals surface area contributed by atoms with Gasteiger partial charge in [-0.2, -0.15) is 0 Å². The van der Waals surface area contributed by atoms with Gasteiger partial charge in [0.05, 0.1) is 20.9 Å². The number of fused-ring (bicyclic) bond motifs is 2. The highest BCUT2D eigenvalue weighted by Crippen LogP contribution is 2.22. The maximum Gasteiger partial charge on any atom is 0.331 e. The van der Waals surface area contributed by atoms with Gasteiger partial charge in [-0.1, -0.05) is 23.7 Å². The van der Waals surface area contributed by atoms with Gasteiger partial charge in [0, 0.05) is 18.5 Å². The van der Waals surface area contributed by atoms with E-state index in [1.54, 1.807) is 35.0 Å². The second kappa shape index (κ2) is 6.66. The summed E-state index contributed by atoms with van der Waals surface area (Å²) in [5.41, 5.74) is 2.33. The minimum atomic E-state index is -0.436. The van der Waals surface area contributed by atoms with E-state index in [1.165, 1.54) is 17.4 Å². The van der Waals surface area contributed by atoms with Gasteiger partial charge in [-0.05, 0) is 30.3 Å². The fraction of sp³-hybridized carbons (Fsp3) is 0.0556. The maximum absolute atomic E-state index is 11.9. The molecule has 0 bridgehead atoms. The van der Waals surface area contributed by atoms with E-state index >= 15 is 0 Å². The Balaban J connectivity index is 1.40. The Bertz CT molecular complexity index is 1070. The summed E-state index contributed by atoms with van der Waals surface area (Å²) in [6.45, 7) is 0.0995. The van der Waals surface area contributed by atoms with E-state index in [0.29, 0.717) is 10.7 Å². The van der Waals surface area contributed by atoms with Crippen LogP contribution in [0.15, 0.2) is 54.9 Å². The Morgan fingerprint density at radius 2 is 2.08 bits per heavy atom. The van der Waals surface area contributed by atoms with E-state index in [4.69, 9.17) is 16.3 Å². The Kier molecular flexibility index (Phi) is 4.21. The van der Waals surface area contributed by atoms with Gasteiger partial charge in [0.25, 0.3) is 0 Å². The van der Waals surface area contributed by atoms with Crippen molar-refractivity contribution in [2.24, 2.45) is 0 Å². The Labute approximate surface area is 152 Å². The maximum atomic E-state index is 11.9. The number of esters is 1. The predicted molar refractivity (Wildman–Crippen MR) is 98.7 cm³/mol. The highest BCUT2D eigenvalue weighted by molar-refractivity contribution is 7.19. The number of benzene rings is 1. The van der Waals surface area contributed by atoms with Crippen LogP contribution in [0.4, 0.5) is 0 Å². The smallest absolute Gasteiger partial charge is 0.331 e. The van der Waals surface area contributed by atoms with E-state index < -0.39 is 5.97 Å². The molecule has 5 nitrogen and oxygen atoms in total. The number of aromatic nitrogens is 3. The summed E-state index contributed by atoms with van der Waals surface area (Å²) < 4.78 is 8.10. The quantitative estimate of drug-likeness (QED) is 0.396. The number of carbonyl (C=O) groups excluding carboxylic acids is 1. The van der Waals surface area contributed by atoms with Gasteiger partial charge in [-0.25, -0.2) is 14.8 Å². The van der Waals surface area contributed by atoms with Crippen molar-refractivity contribution >= 4 is 50.8 Å². The number of para-hydroxylation sites is 1. The lowest BCUT2D eigenvalue weighted by Gasteiger charge is -1.97. The van der Waals surface area contributed by atoms with Crippen LogP contribution in [0.3, 0.4) is 0 Å². The van der Waals surface area contributed by atoms with Gasteiger partial charge >= 0.3 is 5.97 Å². The van der Waals surface area contributed by atoms with E-state index in [0.717, 1.165) is 20.9 Å². The van der Waals surface area contributed by atoms with Crippen molar-refractivity contribution in [2.45, 2.75) is 6.61 Å². The van der Waals surface area contributed by atoms with Crippen LogP contribution in [0, 0.1) is 0 Å². The summed E-state index contributed by atoms with van der Waals surface area (Å²) in [5, 5.41) is 1.38. The molecule has 0 aliphatic heterocycles. The first-order valence-corrected chi connectivity index (χ1v) is 8.70. The van der Waals surface area contributed by atoms with Gasteiger partial charge in [0.15, 0.2) is 0 Å². The Morgan fingerprint density at radius 3 is 2.96 bits per heavy atom. The number of carbonyl (C=O) groups is 1. The van der Waals surface area contributed by atoms with Gasteiger partial charge in [-0.15, -0.1) is 11.3 Å². The van der Waals surface area contributed by atoms with Crippen LogP contribution in [-0.2, 0) is 16.1 Å². The molecule has 0 saturated carbocycles. The number of pyridine rings is 1. The number of thiazole rings is 1. The zero-order valence-electron chi connectivity index (χ0n) is 12.9. The predicted octanol–water partition coefficient (Wildman–Crippen LogP) is 4.35. The monoisotopic (exact) mass is 369 g/mol. The number of hydrogen-bond acceptors (Lipinski definition) is 5. The lowest BCUT2D eigenvalue weighted by Crippen LogP contribution is -2.00. The fourth-order valence-electron chi connectivity index (χ4n) is 2.38. The van der Waals surface area contributed by atoms with Crippen LogP contribution in [0.1, 0.15) is 10.7 Å². The molecule has 1 aromatic carbocycles. The lowest BCUT2D eigenvalue weighted by atomic mass is 10.3. The number of nitrogens with zero attached hydrogens (tertiary/aromatic N) is 3. The average Bonchev–Trinajstić information content (AvgIpc) is 3.20. The second-order valence-electron chi connectivity index (χ2n) is 5.31. The zero-order chi connectivity index (χ0) is 17.2. The molecule has 0 aliphatic carbocycles. The van der Waals surface area contributed by atoms with E-state index in [-0.39, 0.29) is 6.61 Å². The van der Waals surface area contributed by atoms with Crippen molar-refractivity contribution in [2.75, 3.05) is 0 Å². The molecule has 4 rings (SSSR count). The van der Waals surface area contributed by atoms with Crippen molar-refractivity contribution in [1.29, 1.82) is 0 Å². The van der Waals surface area contributed by atoms with Crippen molar-refractivity contribution in [3.05, 3.63) is 70.6 Å². The molecule has 0 spiro atoms. The topological polar surface area (TPSA) is 56.5 Å². The second-order valence-corrected chi connectivity index (χ2v) is 6.80. The first-order valence-electron chi connectivity index (χ1n) is 7.51. The van der Waals surface area contributed by atoms with Gasteiger partial charge in [0.2, 0.25) is 0 Å². The van der Waals surface area contributed by atoms with Gasteiger partial charge in [0.1, 0.15) is 17.3 Å². The highest BCUT2D eigenvalue weighted by atomic mass is 35.5. The molecule has 0 saturated heterocycles. The van der Waals surface area contributed by atoms with Crippen LogP contribution in [0.5, 0.6) is 0 Å². The first kappa shape index (κ1) is 15.8. The van der Waals surface area contributed by atoms with Crippen molar-refractivity contribution in [3.63, 3.8) is 0 Å². The molecular weight excluding hydrogens is 358 g/mol. The van der Waals surface area contributed by atoms with Crippen LogP contribution in [0.2, 0.25) is 5.02 Å². The summed E-state index contributed by atoms with van der Waals surface area (Å²) in [5.74, 6) is -0.436. The van der Waals surface area contributed by atoms with Crippen LogP contribution < -0.4 is 0 Å². The zero-order valence-corrected chi connectivity index (χ0v) is 14.5. The van der Waals surface area contributed by atoms with E-state index in [9.17, 15) is 4.79 Å². The summed E-state index contributed by atoms with van der Waals surface area (Å²) in [4.78, 5) is 20.7.